The van der Waals surface area contributed by atoms with Crippen molar-refractivity contribution in [3.05, 3.63) is 76.2 Å². The van der Waals surface area contributed by atoms with E-state index in [2.05, 4.69) is 16.0 Å². The van der Waals surface area contributed by atoms with Crippen LogP contribution >= 0.6 is 11.3 Å². The van der Waals surface area contributed by atoms with Crippen LogP contribution in [0.3, 0.4) is 0 Å². The molecule has 3 N–H and O–H groups in total. The zero-order chi connectivity index (χ0) is 20.1. The molecule has 0 radical (unpaired) electrons. The quantitative estimate of drug-likeness (QED) is 0.598. The molecule has 3 rings (SSSR count). The second-order valence-corrected chi connectivity index (χ2v) is 6.75. The Morgan fingerprint density at radius 2 is 1.64 bits per heavy atom. The lowest BCUT2D eigenvalue weighted by molar-refractivity contribution is -0.114. The number of carbonyl (C=O) groups excluding carboxylic acids is 3. The first-order valence-electron chi connectivity index (χ1n) is 8.26. The Hall–Kier alpha value is -3.52. The number of amides is 3. The Morgan fingerprint density at radius 3 is 2.36 bits per heavy atom. The van der Waals surface area contributed by atoms with E-state index in [0.717, 1.165) is 6.07 Å². The largest absolute Gasteiger partial charge is 0.324 e. The van der Waals surface area contributed by atoms with Gasteiger partial charge in [-0.25, -0.2) is 4.39 Å². The van der Waals surface area contributed by atoms with Crippen molar-refractivity contribution in [3.63, 3.8) is 0 Å². The molecule has 3 amide bonds. The van der Waals surface area contributed by atoms with E-state index in [0.29, 0.717) is 16.3 Å². The number of benzene rings is 2. The van der Waals surface area contributed by atoms with Gasteiger partial charge in [-0.3, -0.25) is 14.4 Å². The van der Waals surface area contributed by atoms with E-state index in [-0.39, 0.29) is 17.2 Å². The summed E-state index contributed by atoms with van der Waals surface area (Å²) in [5.41, 5.74) is 0.861. The first-order valence-corrected chi connectivity index (χ1v) is 9.14. The molecule has 0 aliphatic carbocycles. The van der Waals surface area contributed by atoms with E-state index in [1.165, 1.54) is 30.4 Å². The number of rotatable bonds is 5. The molecule has 142 valence electrons. The molecule has 0 saturated carbocycles. The highest BCUT2D eigenvalue weighted by Gasteiger charge is 2.15. The third-order valence-corrected chi connectivity index (χ3v) is 4.57. The normalized spacial score (nSPS) is 10.2. The van der Waals surface area contributed by atoms with Crippen LogP contribution in [0.5, 0.6) is 0 Å². The van der Waals surface area contributed by atoms with Crippen LogP contribution in [0.4, 0.5) is 21.5 Å². The predicted octanol–water partition coefficient (Wildman–Crippen LogP) is 4.35. The average Bonchev–Trinajstić information content (AvgIpc) is 3.19. The summed E-state index contributed by atoms with van der Waals surface area (Å²) >= 11 is 1.29. The van der Waals surface area contributed by atoms with E-state index >= 15 is 0 Å². The van der Waals surface area contributed by atoms with E-state index in [1.54, 1.807) is 41.8 Å². The fraction of sp³-hybridized carbons (Fsp3) is 0.0500. The highest BCUT2D eigenvalue weighted by Crippen LogP contribution is 2.23. The lowest BCUT2D eigenvalue weighted by Crippen LogP contribution is -2.18. The van der Waals surface area contributed by atoms with Crippen molar-refractivity contribution in [2.45, 2.75) is 6.92 Å². The van der Waals surface area contributed by atoms with Crippen LogP contribution in [0.1, 0.15) is 27.0 Å². The number of nitrogens with one attached hydrogen (secondary N) is 3. The standard InChI is InChI=1S/C20H16FN3O3S/c1-12(25)22-17-11-13(8-9-15(17)21)23-19(26)14-5-2-3-6-16(14)24-20(27)18-7-4-10-28-18/h2-11H,1H3,(H,22,25)(H,23,26)(H,24,27). The highest BCUT2D eigenvalue weighted by atomic mass is 32.1. The summed E-state index contributed by atoms with van der Waals surface area (Å²) in [4.78, 5) is 36.6. The van der Waals surface area contributed by atoms with Crippen LogP contribution in [0.25, 0.3) is 0 Å². The number of thiophene rings is 1. The molecule has 3 aromatic rings. The number of halogens is 1. The Bertz CT molecular complexity index is 1030. The molecule has 2 aromatic carbocycles. The van der Waals surface area contributed by atoms with E-state index in [9.17, 15) is 18.8 Å². The van der Waals surface area contributed by atoms with Gasteiger partial charge < -0.3 is 16.0 Å². The number of anilines is 3. The maximum atomic E-state index is 13.8. The Morgan fingerprint density at radius 1 is 0.857 bits per heavy atom. The fourth-order valence-electron chi connectivity index (χ4n) is 2.47. The number of carbonyl (C=O) groups is 3. The summed E-state index contributed by atoms with van der Waals surface area (Å²) in [6.07, 6.45) is 0. The van der Waals surface area contributed by atoms with Gasteiger partial charge in [0.25, 0.3) is 11.8 Å². The van der Waals surface area contributed by atoms with Gasteiger partial charge >= 0.3 is 0 Å². The number of hydrogen-bond acceptors (Lipinski definition) is 4. The third-order valence-electron chi connectivity index (χ3n) is 3.70. The van der Waals surface area contributed by atoms with Gasteiger partial charge in [0.15, 0.2) is 0 Å². The van der Waals surface area contributed by atoms with E-state index in [1.807, 2.05) is 0 Å². The van der Waals surface area contributed by atoms with Gasteiger partial charge in [-0.15, -0.1) is 11.3 Å². The minimum Gasteiger partial charge on any atom is -0.324 e. The van der Waals surface area contributed by atoms with Crippen molar-refractivity contribution in [3.8, 4) is 0 Å². The fourth-order valence-corrected chi connectivity index (χ4v) is 3.09. The molecule has 0 aliphatic heterocycles. The summed E-state index contributed by atoms with van der Waals surface area (Å²) in [5.74, 6) is -1.84. The molecule has 0 bridgehead atoms. The number of hydrogen-bond donors (Lipinski definition) is 3. The van der Waals surface area contributed by atoms with Crippen LogP contribution in [0, 0.1) is 5.82 Å². The molecule has 6 nitrogen and oxygen atoms in total. The molecule has 1 aromatic heterocycles. The first-order chi connectivity index (χ1) is 13.4. The minimum atomic E-state index is -0.614. The van der Waals surface area contributed by atoms with Gasteiger partial charge in [-0.05, 0) is 41.8 Å². The lowest BCUT2D eigenvalue weighted by atomic mass is 10.1. The molecule has 1 heterocycles. The topological polar surface area (TPSA) is 87.3 Å². The summed E-state index contributed by atoms with van der Waals surface area (Å²) < 4.78 is 13.8. The molecule has 0 unspecified atom stereocenters. The minimum absolute atomic E-state index is 0.0374. The third kappa shape index (κ3) is 4.60. The Kier molecular flexibility index (Phi) is 5.81. The monoisotopic (exact) mass is 397 g/mol. The molecule has 28 heavy (non-hydrogen) atoms. The van der Waals surface area contributed by atoms with E-state index < -0.39 is 17.6 Å². The molecule has 0 atom stereocenters. The second kappa shape index (κ2) is 8.45. The number of para-hydroxylation sites is 1. The second-order valence-electron chi connectivity index (χ2n) is 5.81. The molecular formula is C20H16FN3O3S. The van der Waals surface area contributed by atoms with Gasteiger partial charge in [0.1, 0.15) is 5.82 Å². The Labute approximate surface area is 164 Å². The van der Waals surface area contributed by atoms with Crippen molar-refractivity contribution in [1.82, 2.24) is 0 Å². The maximum absolute atomic E-state index is 13.8. The van der Waals surface area contributed by atoms with E-state index in [4.69, 9.17) is 0 Å². The van der Waals surface area contributed by atoms with Gasteiger partial charge in [0.2, 0.25) is 5.91 Å². The molecule has 0 spiro atoms. The van der Waals surface area contributed by atoms with Gasteiger partial charge in [0.05, 0.1) is 21.8 Å². The summed E-state index contributed by atoms with van der Waals surface area (Å²) in [5, 5.41) is 9.51. The SMILES string of the molecule is CC(=O)Nc1cc(NC(=O)c2ccccc2NC(=O)c2cccs2)ccc1F. The van der Waals surface area contributed by atoms with Crippen LogP contribution in [-0.4, -0.2) is 17.7 Å². The summed E-state index contributed by atoms with van der Waals surface area (Å²) in [6, 6.07) is 13.9. The molecular weight excluding hydrogens is 381 g/mol. The van der Waals surface area contributed by atoms with Crippen LogP contribution in [0.2, 0.25) is 0 Å². The average molecular weight is 397 g/mol. The Balaban J connectivity index is 1.80. The molecule has 0 aliphatic rings. The van der Waals surface area contributed by atoms with Gasteiger partial charge in [0, 0.05) is 12.6 Å². The highest BCUT2D eigenvalue weighted by molar-refractivity contribution is 7.12. The summed E-state index contributed by atoms with van der Waals surface area (Å²) in [7, 11) is 0. The maximum Gasteiger partial charge on any atom is 0.265 e. The van der Waals surface area contributed by atoms with Crippen molar-refractivity contribution < 1.29 is 18.8 Å². The van der Waals surface area contributed by atoms with Gasteiger partial charge in [-0.1, -0.05) is 18.2 Å². The summed E-state index contributed by atoms with van der Waals surface area (Å²) in [6.45, 7) is 1.26. The smallest absolute Gasteiger partial charge is 0.265 e. The van der Waals surface area contributed by atoms with Crippen LogP contribution in [-0.2, 0) is 4.79 Å². The lowest BCUT2D eigenvalue weighted by Gasteiger charge is -2.12. The molecule has 8 heteroatoms. The van der Waals surface area contributed by atoms with Crippen molar-refractivity contribution in [1.29, 1.82) is 0 Å². The zero-order valence-corrected chi connectivity index (χ0v) is 15.6. The predicted molar refractivity (Wildman–Crippen MR) is 107 cm³/mol. The zero-order valence-electron chi connectivity index (χ0n) is 14.8. The van der Waals surface area contributed by atoms with Crippen molar-refractivity contribution in [2.75, 3.05) is 16.0 Å². The first kappa shape index (κ1) is 19.2. The van der Waals surface area contributed by atoms with Crippen molar-refractivity contribution >= 4 is 46.1 Å². The van der Waals surface area contributed by atoms with Crippen LogP contribution in [0.15, 0.2) is 60.0 Å². The van der Waals surface area contributed by atoms with Crippen LogP contribution < -0.4 is 16.0 Å². The van der Waals surface area contributed by atoms with Gasteiger partial charge in [-0.2, -0.15) is 0 Å². The van der Waals surface area contributed by atoms with Crippen molar-refractivity contribution in [2.24, 2.45) is 0 Å². The molecule has 0 fully saturated rings. The molecule has 0 saturated heterocycles.